The Morgan fingerprint density at radius 3 is 2.70 bits per heavy atom. The molecule has 0 rings (SSSR count). The molecule has 10 heavy (non-hydrogen) atoms. The Labute approximate surface area is 59.8 Å². The fourth-order valence-corrected chi connectivity index (χ4v) is 0.615. The molecule has 0 heterocycles. The zero-order valence-corrected chi connectivity index (χ0v) is 6.04. The highest BCUT2D eigenvalue weighted by Gasteiger charge is 2.11. The Morgan fingerprint density at radius 2 is 2.30 bits per heavy atom. The summed E-state index contributed by atoms with van der Waals surface area (Å²) >= 11 is 0. The lowest BCUT2D eigenvalue weighted by Crippen LogP contribution is -2.28. The molecular formula is C6H12N2O2. The van der Waals surface area contributed by atoms with Gasteiger partial charge < -0.3 is 5.73 Å². The van der Waals surface area contributed by atoms with Crippen LogP contribution in [0.3, 0.4) is 0 Å². The van der Waals surface area contributed by atoms with Gasteiger partial charge in [-0.2, -0.15) is 0 Å². The van der Waals surface area contributed by atoms with E-state index in [1.165, 1.54) is 0 Å². The van der Waals surface area contributed by atoms with E-state index >= 15 is 0 Å². The summed E-state index contributed by atoms with van der Waals surface area (Å²) in [6, 6.07) is -0.683. The number of nitroso groups, excluding NO2 is 1. The summed E-state index contributed by atoms with van der Waals surface area (Å²) in [5.41, 5.74) is 5.27. The molecule has 0 aliphatic rings. The first kappa shape index (κ1) is 9.23. The third-order valence-corrected chi connectivity index (χ3v) is 1.28. The minimum atomic E-state index is -0.742. The predicted octanol–water partition coefficient (Wildman–Crippen LogP) is 0.797. The van der Waals surface area contributed by atoms with Crippen LogP contribution in [-0.2, 0) is 4.79 Å². The quantitative estimate of drug-likeness (QED) is 0.593. The molecule has 2 N–H and O–H groups in total. The van der Waals surface area contributed by atoms with Crippen molar-refractivity contribution < 1.29 is 4.79 Å². The summed E-state index contributed by atoms with van der Waals surface area (Å²) < 4.78 is 0. The van der Waals surface area contributed by atoms with Gasteiger partial charge in [0.05, 0.1) is 6.04 Å². The number of amides is 1. The monoisotopic (exact) mass is 144 g/mol. The largest absolute Gasteiger partial charge is 0.320 e. The van der Waals surface area contributed by atoms with Crippen molar-refractivity contribution in [3.05, 3.63) is 4.91 Å². The first-order valence-electron chi connectivity index (χ1n) is 3.35. The molecule has 0 aliphatic heterocycles. The highest BCUT2D eigenvalue weighted by atomic mass is 16.3. The third-order valence-electron chi connectivity index (χ3n) is 1.28. The van der Waals surface area contributed by atoms with Crippen LogP contribution in [0.5, 0.6) is 0 Å². The van der Waals surface area contributed by atoms with E-state index in [-0.39, 0.29) is 0 Å². The molecule has 0 saturated carbocycles. The number of nitrogens with zero attached hydrogens (tertiary/aromatic N) is 1. The lowest BCUT2D eigenvalue weighted by Gasteiger charge is -2.01. The Hall–Kier alpha value is -0.770. The number of unbranched alkanes of at least 4 members (excludes halogenated alkanes) is 1. The van der Waals surface area contributed by atoms with E-state index in [9.17, 15) is 9.70 Å². The van der Waals surface area contributed by atoms with Gasteiger partial charge in [-0.15, -0.1) is 4.91 Å². The number of carbonyl (C=O) groups is 1. The fourth-order valence-electron chi connectivity index (χ4n) is 0.615. The predicted molar refractivity (Wildman–Crippen MR) is 38.3 cm³/mol. The van der Waals surface area contributed by atoms with E-state index in [1.54, 1.807) is 0 Å². The fraction of sp³-hybridized carbons (Fsp3) is 0.833. The molecule has 0 radical (unpaired) electrons. The topological polar surface area (TPSA) is 72.5 Å². The van der Waals surface area contributed by atoms with Crippen molar-refractivity contribution in [2.45, 2.75) is 32.2 Å². The van der Waals surface area contributed by atoms with Crippen LogP contribution in [0.15, 0.2) is 5.18 Å². The van der Waals surface area contributed by atoms with Crippen molar-refractivity contribution in [3.63, 3.8) is 0 Å². The van der Waals surface area contributed by atoms with Crippen LogP contribution in [0.4, 0.5) is 0 Å². The van der Waals surface area contributed by atoms with Gasteiger partial charge in [0.2, 0.25) is 0 Å². The lowest BCUT2D eigenvalue weighted by atomic mass is 10.1. The van der Waals surface area contributed by atoms with Gasteiger partial charge in [-0.05, 0) is 6.42 Å². The molecule has 0 spiro atoms. The zero-order valence-electron chi connectivity index (χ0n) is 6.04. The Kier molecular flexibility index (Phi) is 4.66. The molecule has 0 saturated heterocycles. The number of rotatable bonds is 4. The van der Waals surface area contributed by atoms with E-state index in [0.29, 0.717) is 6.42 Å². The maximum Gasteiger partial charge on any atom is 0.302 e. The second-order valence-electron chi connectivity index (χ2n) is 2.18. The van der Waals surface area contributed by atoms with Gasteiger partial charge in [-0.25, -0.2) is 0 Å². The molecule has 1 amide bonds. The molecule has 1 atom stereocenters. The highest BCUT2D eigenvalue weighted by molar-refractivity contribution is 5.81. The Balaban J connectivity index is 3.51. The first-order valence-corrected chi connectivity index (χ1v) is 3.35. The van der Waals surface area contributed by atoms with E-state index < -0.39 is 11.9 Å². The average Bonchev–Trinajstić information content (AvgIpc) is 1.98. The van der Waals surface area contributed by atoms with Gasteiger partial charge in [0.1, 0.15) is 0 Å². The Bertz CT molecular complexity index is 125. The SMILES string of the molecule is CCCC[C@H](N)C(=O)N=O. The van der Waals surface area contributed by atoms with Crippen molar-refractivity contribution in [3.8, 4) is 0 Å². The van der Waals surface area contributed by atoms with Crippen LogP contribution in [0.1, 0.15) is 26.2 Å². The van der Waals surface area contributed by atoms with Crippen LogP contribution >= 0.6 is 0 Å². The molecule has 4 heteroatoms. The van der Waals surface area contributed by atoms with Crippen molar-refractivity contribution in [2.75, 3.05) is 0 Å². The molecule has 0 unspecified atom stereocenters. The van der Waals surface area contributed by atoms with Gasteiger partial charge in [-0.3, -0.25) is 4.79 Å². The van der Waals surface area contributed by atoms with Crippen LogP contribution in [-0.4, -0.2) is 11.9 Å². The summed E-state index contributed by atoms with van der Waals surface area (Å²) in [7, 11) is 0. The molecule has 0 fully saturated rings. The zero-order chi connectivity index (χ0) is 7.98. The smallest absolute Gasteiger partial charge is 0.302 e. The van der Waals surface area contributed by atoms with Crippen molar-refractivity contribution >= 4 is 5.91 Å². The van der Waals surface area contributed by atoms with Crippen LogP contribution in [0, 0.1) is 4.91 Å². The van der Waals surface area contributed by atoms with E-state index in [1.807, 2.05) is 6.92 Å². The van der Waals surface area contributed by atoms with Crippen molar-refractivity contribution in [1.29, 1.82) is 0 Å². The molecule has 58 valence electrons. The average molecular weight is 144 g/mol. The maximum atomic E-state index is 10.4. The summed E-state index contributed by atoms with van der Waals surface area (Å²) in [6.07, 6.45) is 2.39. The van der Waals surface area contributed by atoms with Gasteiger partial charge in [-0.1, -0.05) is 19.8 Å². The molecule has 0 aromatic carbocycles. The molecule has 0 bridgehead atoms. The number of hydrogen-bond donors (Lipinski definition) is 1. The summed E-state index contributed by atoms with van der Waals surface area (Å²) in [5.74, 6) is -0.742. The van der Waals surface area contributed by atoms with Gasteiger partial charge in [0.25, 0.3) is 0 Å². The first-order chi connectivity index (χ1) is 4.72. The van der Waals surface area contributed by atoms with Gasteiger partial charge in [0, 0.05) is 5.18 Å². The third kappa shape index (κ3) is 3.29. The van der Waals surface area contributed by atoms with Crippen LogP contribution in [0.25, 0.3) is 0 Å². The second-order valence-corrected chi connectivity index (χ2v) is 2.18. The maximum absolute atomic E-state index is 10.4. The molecule has 0 aromatic heterocycles. The van der Waals surface area contributed by atoms with Gasteiger partial charge in [0.15, 0.2) is 0 Å². The van der Waals surface area contributed by atoms with E-state index in [2.05, 4.69) is 5.18 Å². The summed E-state index contributed by atoms with van der Waals surface area (Å²) in [6.45, 7) is 1.99. The normalized spacial score (nSPS) is 12.6. The van der Waals surface area contributed by atoms with Crippen molar-refractivity contribution in [1.82, 2.24) is 0 Å². The summed E-state index contributed by atoms with van der Waals surface area (Å²) in [5, 5.41) is 2.23. The standard InChI is InChI=1S/C6H12N2O2/c1-2-3-4-5(7)6(9)8-10/h5H,2-4,7H2,1H3/t5-/m0/s1. The molecule has 0 aliphatic carbocycles. The summed E-state index contributed by atoms with van der Waals surface area (Å²) in [4.78, 5) is 20.0. The molecule has 0 aromatic rings. The Morgan fingerprint density at radius 1 is 1.70 bits per heavy atom. The number of nitrogens with two attached hydrogens (primary N) is 1. The van der Waals surface area contributed by atoms with Crippen LogP contribution < -0.4 is 5.73 Å². The minimum absolute atomic E-state index is 0.557. The number of hydrogen-bond acceptors (Lipinski definition) is 3. The molecular weight excluding hydrogens is 132 g/mol. The van der Waals surface area contributed by atoms with E-state index in [0.717, 1.165) is 12.8 Å². The second kappa shape index (κ2) is 5.05. The molecule has 4 nitrogen and oxygen atoms in total. The minimum Gasteiger partial charge on any atom is -0.320 e. The highest BCUT2D eigenvalue weighted by Crippen LogP contribution is 1.98. The van der Waals surface area contributed by atoms with E-state index in [4.69, 9.17) is 5.73 Å². The van der Waals surface area contributed by atoms with Gasteiger partial charge >= 0.3 is 5.91 Å². The van der Waals surface area contributed by atoms with Crippen molar-refractivity contribution in [2.24, 2.45) is 10.9 Å². The van der Waals surface area contributed by atoms with Crippen LogP contribution in [0.2, 0.25) is 0 Å². The number of carbonyl (C=O) groups excluding carboxylic acids is 1. The lowest BCUT2D eigenvalue weighted by molar-refractivity contribution is -0.119.